The molecular weight excluding hydrogens is 390 g/mol. The van der Waals surface area contributed by atoms with E-state index in [9.17, 15) is 4.79 Å². The molecule has 0 radical (unpaired) electrons. The molecule has 0 unspecified atom stereocenters. The van der Waals surface area contributed by atoms with Crippen LogP contribution in [0.1, 0.15) is 25.0 Å². The number of alkyl carbamates (subject to hydrolysis) is 1. The molecule has 0 saturated carbocycles. The van der Waals surface area contributed by atoms with Gasteiger partial charge < -0.3 is 15.0 Å². The van der Waals surface area contributed by atoms with E-state index >= 15 is 0 Å². The van der Waals surface area contributed by atoms with Crippen molar-refractivity contribution in [2.45, 2.75) is 42.6 Å². The van der Waals surface area contributed by atoms with Gasteiger partial charge in [-0.1, -0.05) is 36.0 Å². The molecule has 1 heterocycles. The third-order valence-electron chi connectivity index (χ3n) is 4.11. The quantitative estimate of drug-likeness (QED) is 0.381. The SMILES string of the molecule is Cc1c(CSc2nc3ccccc3[nH]2)cccc1SCCOC(=O)NC(C)C. The largest absolute Gasteiger partial charge is 0.449 e. The molecule has 3 aromatic rings. The minimum Gasteiger partial charge on any atom is -0.449 e. The highest BCUT2D eigenvalue weighted by Crippen LogP contribution is 2.29. The number of aromatic amines is 1. The molecule has 1 amide bonds. The van der Waals surface area contributed by atoms with Crippen LogP contribution in [0.3, 0.4) is 0 Å². The van der Waals surface area contributed by atoms with E-state index in [4.69, 9.17) is 4.74 Å². The second-order valence-corrected chi connectivity index (χ2v) is 8.77. The number of carbonyl (C=O) groups is 1. The summed E-state index contributed by atoms with van der Waals surface area (Å²) in [5.41, 5.74) is 4.61. The van der Waals surface area contributed by atoms with Gasteiger partial charge in [0.2, 0.25) is 0 Å². The van der Waals surface area contributed by atoms with Gasteiger partial charge in [0.1, 0.15) is 6.61 Å². The highest BCUT2D eigenvalue weighted by Gasteiger charge is 2.09. The van der Waals surface area contributed by atoms with E-state index < -0.39 is 0 Å². The summed E-state index contributed by atoms with van der Waals surface area (Å²) in [6.45, 7) is 6.35. The van der Waals surface area contributed by atoms with Crippen LogP contribution in [0.5, 0.6) is 0 Å². The number of rotatable bonds is 8. The zero-order valence-corrected chi connectivity index (χ0v) is 18.0. The molecular formula is C21H25N3O2S2. The lowest BCUT2D eigenvalue weighted by Gasteiger charge is -2.11. The average Bonchev–Trinajstić information content (AvgIpc) is 3.08. The first-order valence-corrected chi connectivity index (χ1v) is 11.2. The summed E-state index contributed by atoms with van der Waals surface area (Å²) in [5.74, 6) is 1.58. The summed E-state index contributed by atoms with van der Waals surface area (Å²) in [7, 11) is 0. The monoisotopic (exact) mass is 415 g/mol. The van der Waals surface area contributed by atoms with Crippen molar-refractivity contribution in [3.63, 3.8) is 0 Å². The number of thioether (sulfide) groups is 2. The van der Waals surface area contributed by atoms with Crippen molar-refractivity contribution in [3.05, 3.63) is 53.6 Å². The van der Waals surface area contributed by atoms with Crippen molar-refractivity contribution < 1.29 is 9.53 Å². The fourth-order valence-corrected chi connectivity index (χ4v) is 4.54. The van der Waals surface area contributed by atoms with Crippen LogP contribution in [-0.4, -0.2) is 34.5 Å². The Morgan fingerprint density at radius 1 is 1.18 bits per heavy atom. The van der Waals surface area contributed by atoms with Gasteiger partial charge in [0.05, 0.1) is 11.0 Å². The lowest BCUT2D eigenvalue weighted by molar-refractivity contribution is 0.150. The third kappa shape index (κ3) is 5.69. The molecule has 1 aromatic heterocycles. The number of nitrogens with one attached hydrogen (secondary N) is 2. The number of H-pyrrole nitrogens is 1. The van der Waals surface area contributed by atoms with Crippen LogP contribution in [0.25, 0.3) is 11.0 Å². The summed E-state index contributed by atoms with van der Waals surface area (Å²) in [6, 6.07) is 14.5. The van der Waals surface area contributed by atoms with Gasteiger partial charge in [0.25, 0.3) is 0 Å². The van der Waals surface area contributed by atoms with Crippen LogP contribution < -0.4 is 5.32 Å². The summed E-state index contributed by atoms with van der Waals surface area (Å²) in [6.07, 6.45) is -0.358. The Morgan fingerprint density at radius 2 is 2.00 bits per heavy atom. The van der Waals surface area contributed by atoms with Gasteiger partial charge in [-0.3, -0.25) is 0 Å². The van der Waals surface area contributed by atoms with E-state index in [-0.39, 0.29) is 12.1 Å². The minimum absolute atomic E-state index is 0.0864. The van der Waals surface area contributed by atoms with E-state index in [0.717, 1.165) is 27.7 Å². The normalized spacial score (nSPS) is 11.1. The molecule has 148 valence electrons. The van der Waals surface area contributed by atoms with Gasteiger partial charge in [-0.15, -0.1) is 11.8 Å². The van der Waals surface area contributed by atoms with E-state index in [1.165, 1.54) is 16.0 Å². The van der Waals surface area contributed by atoms with Gasteiger partial charge >= 0.3 is 6.09 Å². The molecule has 2 aromatic carbocycles. The molecule has 0 atom stereocenters. The number of amides is 1. The van der Waals surface area contributed by atoms with Crippen molar-refractivity contribution >= 4 is 40.7 Å². The number of carbonyl (C=O) groups excluding carboxylic acids is 1. The average molecular weight is 416 g/mol. The predicted molar refractivity (Wildman–Crippen MR) is 117 cm³/mol. The van der Waals surface area contributed by atoms with Crippen molar-refractivity contribution in [2.75, 3.05) is 12.4 Å². The fourth-order valence-electron chi connectivity index (χ4n) is 2.68. The number of hydrogen-bond donors (Lipinski definition) is 2. The van der Waals surface area contributed by atoms with Crippen LogP contribution in [0.2, 0.25) is 0 Å². The molecule has 0 fully saturated rings. The number of aromatic nitrogens is 2. The number of nitrogens with zero attached hydrogens (tertiary/aromatic N) is 1. The third-order valence-corrected chi connectivity index (χ3v) is 6.16. The number of fused-ring (bicyclic) bond motifs is 1. The lowest BCUT2D eigenvalue weighted by Crippen LogP contribution is -2.31. The number of imidazole rings is 1. The molecule has 7 heteroatoms. The molecule has 0 aliphatic rings. The first-order valence-electron chi connectivity index (χ1n) is 9.25. The van der Waals surface area contributed by atoms with E-state index in [2.05, 4.69) is 40.4 Å². The van der Waals surface area contributed by atoms with Gasteiger partial charge in [0, 0.05) is 22.4 Å². The Hall–Kier alpha value is -2.12. The summed E-state index contributed by atoms with van der Waals surface area (Å²) in [4.78, 5) is 20.7. The maximum absolute atomic E-state index is 11.5. The fraction of sp³-hybridized carbons (Fsp3) is 0.333. The Morgan fingerprint density at radius 3 is 2.79 bits per heavy atom. The highest BCUT2D eigenvalue weighted by molar-refractivity contribution is 7.99. The van der Waals surface area contributed by atoms with Crippen LogP contribution >= 0.6 is 23.5 Å². The molecule has 0 aliphatic carbocycles. The van der Waals surface area contributed by atoms with Crippen LogP contribution in [0.4, 0.5) is 4.79 Å². The minimum atomic E-state index is -0.358. The Balaban J connectivity index is 1.53. The zero-order valence-electron chi connectivity index (χ0n) is 16.3. The molecule has 28 heavy (non-hydrogen) atoms. The molecule has 0 aliphatic heterocycles. The van der Waals surface area contributed by atoms with Crippen molar-refractivity contribution in [1.29, 1.82) is 0 Å². The topological polar surface area (TPSA) is 67.0 Å². The van der Waals surface area contributed by atoms with E-state index in [1.54, 1.807) is 23.5 Å². The maximum Gasteiger partial charge on any atom is 0.407 e. The Labute approximate surface area is 174 Å². The molecule has 3 rings (SSSR count). The number of para-hydroxylation sites is 2. The standard InChI is InChI=1S/C21H25N3O2S2/c1-14(2)22-21(25)26-11-12-27-19-10-6-7-16(15(19)3)13-28-20-23-17-8-4-5-9-18(17)24-20/h4-10,14H,11-13H2,1-3H3,(H,22,25)(H,23,24). The Kier molecular flexibility index (Phi) is 7.28. The highest BCUT2D eigenvalue weighted by atomic mass is 32.2. The van der Waals surface area contributed by atoms with Crippen LogP contribution in [0, 0.1) is 6.92 Å². The second kappa shape index (κ2) is 9.89. The predicted octanol–water partition coefficient (Wildman–Crippen LogP) is 5.39. The van der Waals surface area contributed by atoms with Crippen molar-refractivity contribution in [3.8, 4) is 0 Å². The van der Waals surface area contributed by atoms with Crippen LogP contribution in [-0.2, 0) is 10.5 Å². The molecule has 2 N–H and O–H groups in total. The smallest absolute Gasteiger partial charge is 0.407 e. The van der Waals surface area contributed by atoms with Gasteiger partial charge in [-0.05, 0) is 50.1 Å². The van der Waals surface area contributed by atoms with Crippen molar-refractivity contribution in [2.24, 2.45) is 0 Å². The number of ether oxygens (including phenoxy) is 1. The lowest BCUT2D eigenvalue weighted by atomic mass is 10.1. The molecule has 0 spiro atoms. The van der Waals surface area contributed by atoms with Gasteiger partial charge in [-0.2, -0.15) is 0 Å². The number of benzene rings is 2. The maximum atomic E-state index is 11.5. The Bertz CT molecular complexity index is 907. The molecule has 0 bridgehead atoms. The summed E-state index contributed by atoms with van der Waals surface area (Å²) >= 11 is 3.42. The second-order valence-electron chi connectivity index (χ2n) is 6.67. The van der Waals surface area contributed by atoms with E-state index in [1.807, 2.05) is 38.1 Å². The summed E-state index contributed by atoms with van der Waals surface area (Å²) < 4.78 is 5.19. The van der Waals surface area contributed by atoms with E-state index in [0.29, 0.717) is 6.61 Å². The first-order chi connectivity index (χ1) is 13.5. The number of hydrogen-bond acceptors (Lipinski definition) is 5. The summed E-state index contributed by atoms with van der Waals surface area (Å²) in [5, 5.41) is 3.66. The first kappa shape index (κ1) is 20.6. The van der Waals surface area contributed by atoms with Crippen molar-refractivity contribution in [1.82, 2.24) is 15.3 Å². The zero-order chi connectivity index (χ0) is 19.9. The van der Waals surface area contributed by atoms with Gasteiger partial charge in [-0.25, -0.2) is 9.78 Å². The molecule has 0 saturated heterocycles. The van der Waals surface area contributed by atoms with Gasteiger partial charge in [0.15, 0.2) is 5.16 Å². The molecule has 5 nitrogen and oxygen atoms in total. The van der Waals surface area contributed by atoms with Crippen LogP contribution in [0.15, 0.2) is 52.5 Å².